The molecule has 0 saturated heterocycles. The molecule has 0 saturated carbocycles. The first-order valence-electron chi connectivity index (χ1n) is 7.83. The summed E-state index contributed by atoms with van der Waals surface area (Å²) in [6.07, 6.45) is 3.18. The first-order valence-corrected chi connectivity index (χ1v) is 7.83. The lowest BCUT2D eigenvalue weighted by Crippen LogP contribution is -2.17. The maximum atomic E-state index is 9.05. The Morgan fingerprint density at radius 3 is 2.87 bits per heavy atom. The molecule has 116 valence electrons. The van der Waals surface area contributed by atoms with Gasteiger partial charge in [-0.05, 0) is 67.6 Å². The van der Waals surface area contributed by atoms with Crippen LogP contribution in [0.3, 0.4) is 0 Å². The molecular formula is C19H20N4. The topological polar surface area (TPSA) is 85.7 Å². The van der Waals surface area contributed by atoms with Crippen molar-refractivity contribution in [1.82, 2.24) is 0 Å². The van der Waals surface area contributed by atoms with E-state index in [4.69, 9.17) is 16.4 Å². The molecule has 1 atom stereocenters. The van der Waals surface area contributed by atoms with E-state index in [0.29, 0.717) is 11.4 Å². The average Bonchev–Trinajstić information content (AvgIpc) is 2.56. The van der Waals surface area contributed by atoms with Crippen LogP contribution < -0.4 is 11.1 Å². The van der Waals surface area contributed by atoms with Gasteiger partial charge in [-0.1, -0.05) is 6.07 Å². The number of rotatable bonds is 3. The fourth-order valence-corrected chi connectivity index (χ4v) is 3.21. The van der Waals surface area contributed by atoms with Gasteiger partial charge in [-0.25, -0.2) is 0 Å². The maximum Gasteiger partial charge on any atom is 0.0991 e. The number of benzene rings is 2. The van der Waals surface area contributed by atoms with Crippen LogP contribution in [0.25, 0.3) is 0 Å². The van der Waals surface area contributed by atoms with Gasteiger partial charge < -0.3 is 16.5 Å². The van der Waals surface area contributed by atoms with E-state index in [-0.39, 0.29) is 6.04 Å². The van der Waals surface area contributed by atoms with E-state index in [0.717, 1.165) is 36.1 Å². The number of nitrogens with two attached hydrogens (primary N) is 1. The van der Waals surface area contributed by atoms with Crippen LogP contribution in [0, 0.1) is 16.7 Å². The Balaban J connectivity index is 1.89. The van der Waals surface area contributed by atoms with Gasteiger partial charge in [-0.15, -0.1) is 0 Å². The Morgan fingerprint density at radius 1 is 1.30 bits per heavy atom. The fraction of sp³-hybridized carbons (Fsp3) is 0.263. The molecule has 0 fully saturated rings. The third-order valence-electron chi connectivity index (χ3n) is 4.38. The summed E-state index contributed by atoms with van der Waals surface area (Å²) >= 11 is 0. The number of nitrogens with zero attached hydrogens (tertiary/aromatic N) is 1. The minimum atomic E-state index is 0.231. The smallest absolute Gasteiger partial charge is 0.0991 e. The highest BCUT2D eigenvalue weighted by atomic mass is 14.9. The molecule has 0 aromatic heterocycles. The van der Waals surface area contributed by atoms with Crippen LogP contribution in [0.4, 0.5) is 11.4 Å². The van der Waals surface area contributed by atoms with Crippen molar-refractivity contribution in [3.05, 3.63) is 58.7 Å². The molecule has 0 unspecified atom stereocenters. The molecule has 1 aliphatic carbocycles. The zero-order chi connectivity index (χ0) is 16.4. The normalized spacial score (nSPS) is 16.3. The summed E-state index contributed by atoms with van der Waals surface area (Å²) in [6.45, 7) is 1.74. The minimum Gasteiger partial charge on any atom is -0.398 e. The number of fused-ring (bicyclic) bond motifs is 1. The van der Waals surface area contributed by atoms with Crippen LogP contribution >= 0.6 is 0 Å². The highest BCUT2D eigenvalue weighted by Gasteiger charge is 2.20. The van der Waals surface area contributed by atoms with E-state index in [2.05, 4.69) is 17.5 Å². The molecule has 0 aliphatic heterocycles. The second-order valence-corrected chi connectivity index (χ2v) is 6.04. The first kappa shape index (κ1) is 15.1. The second kappa shape index (κ2) is 6.13. The molecule has 4 heteroatoms. The van der Waals surface area contributed by atoms with Crippen molar-refractivity contribution >= 4 is 17.1 Å². The summed E-state index contributed by atoms with van der Waals surface area (Å²) in [4.78, 5) is 0. The average molecular weight is 304 g/mol. The van der Waals surface area contributed by atoms with E-state index < -0.39 is 0 Å². The first-order chi connectivity index (χ1) is 11.1. The molecule has 0 bridgehead atoms. The van der Waals surface area contributed by atoms with E-state index in [9.17, 15) is 0 Å². The largest absolute Gasteiger partial charge is 0.398 e. The third kappa shape index (κ3) is 3.04. The Morgan fingerprint density at radius 2 is 2.13 bits per heavy atom. The molecule has 0 radical (unpaired) electrons. The van der Waals surface area contributed by atoms with E-state index >= 15 is 0 Å². The van der Waals surface area contributed by atoms with Gasteiger partial charge in [0, 0.05) is 22.6 Å². The zero-order valence-corrected chi connectivity index (χ0v) is 13.2. The number of aryl methyl sites for hydroxylation is 1. The quantitative estimate of drug-likeness (QED) is 0.591. The maximum absolute atomic E-state index is 9.05. The molecular weight excluding hydrogens is 284 g/mol. The molecule has 4 nitrogen and oxygen atoms in total. The lowest BCUT2D eigenvalue weighted by atomic mass is 9.86. The fourth-order valence-electron chi connectivity index (χ4n) is 3.21. The van der Waals surface area contributed by atoms with E-state index in [1.54, 1.807) is 6.92 Å². The molecule has 23 heavy (non-hydrogen) atoms. The van der Waals surface area contributed by atoms with Gasteiger partial charge in [0.25, 0.3) is 0 Å². The van der Waals surface area contributed by atoms with Crippen LogP contribution in [-0.4, -0.2) is 5.71 Å². The van der Waals surface area contributed by atoms with Crippen molar-refractivity contribution in [2.24, 2.45) is 0 Å². The van der Waals surface area contributed by atoms with Crippen molar-refractivity contribution in [3.8, 4) is 6.07 Å². The lowest BCUT2D eigenvalue weighted by Gasteiger charge is -2.27. The van der Waals surface area contributed by atoms with E-state index in [1.807, 2.05) is 30.3 Å². The summed E-state index contributed by atoms with van der Waals surface area (Å²) in [6, 6.07) is 14.1. The predicted octanol–water partition coefficient (Wildman–Crippen LogP) is 4.02. The SMILES string of the molecule is CC(=N)c1cc(N[C@@H]2CCCc3cc(C#N)ccc32)ccc1N. The van der Waals surface area contributed by atoms with Gasteiger partial charge in [0.1, 0.15) is 0 Å². The van der Waals surface area contributed by atoms with Crippen molar-refractivity contribution in [3.63, 3.8) is 0 Å². The second-order valence-electron chi connectivity index (χ2n) is 6.04. The number of nitrogens with one attached hydrogen (secondary N) is 2. The number of hydrogen-bond acceptors (Lipinski definition) is 4. The molecule has 0 spiro atoms. The highest BCUT2D eigenvalue weighted by molar-refractivity contribution is 6.01. The van der Waals surface area contributed by atoms with Gasteiger partial charge in [0.05, 0.1) is 17.7 Å². The van der Waals surface area contributed by atoms with Crippen molar-refractivity contribution in [2.45, 2.75) is 32.2 Å². The Kier molecular flexibility index (Phi) is 4.03. The Hall–Kier alpha value is -2.80. The summed E-state index contributed by atoms with van der Waals surface area (Å²) < 4.78 is 0. The van der Waals surface area contributed by atoms with Crippen molar-refractivity contribution in [2.75, 3.05) is 11.1 Å². The number of anilines is 2. The minimum absolute atomic E-state index is 0.231. The van der Waals surface area contributed by atoms with E-state index in [1.165, 1.54) is 11.1 Å². The number of nitriles is 1. The Bertz CT molecular complexity index is 802. The van der Waals surface area contributed by atoms with Gasteiger partial charge >= 0.3 is 0 Å². The lowest BCUT2D eigenvalue weighted by molar-refractivity contribution is 0.600. The van der Waals surface area contributed by atoms with Gasteiger partial charge in [0.2, 0.25) is 0 Å². The molecule has 1 aliphatic rings. The zero-order valence-electron chi connectivity index (χ0n) is 13.2. The standard InChI is InChI=1S/C19H20N4/c1-12(21)17-10-15(6-8-18(17)22)23-19-4-2-3-14-9-13(11-20)5-7-16(14)19/h5-10,19,21,23H,2-4,22H2,1H3/t19-/m1/s1. The van der Waals surface area contributed by atoms with Gasteiger partial charge in [-0.2, -0.15) is 5.26 Å². The Labute approximate surface area is 136 Å². The molecule has 0 heterocycles. The van der Waals surface area contributed by atoms with Crippen LogP contribution in [0.2, 0.25) is 0 Å². The molecule has 0 amide bonds. The van der Waals surface area contributed by atoms with Crippen LogP contribution in [0.15, 0.2) is 36.4 Å². The van der Waals surface area contributed by atoms with Gasteiger partial charge in [0.15, 0.2) is 0 Å². The van der Waals surface area contributed by atoms with Crippen LogP contribution in [-0.2, 0) is 6.42 Å². The van der Waals surface area contributed by atoms with Crippen molar-refractivity contribution < 1.29 is 0 Å². The summed E-state index contributed by atoms with van der Waals surface area (Å²) in [5.74, 6) is 0. The summed E-state index contributed by atoms with van der Waals surface area (Å²) in [5.41, 5.74) is 12.0. The van der Waals surface area contributed by atoms with Crippen LogP contribution in [0.1, 0.15) is 48.1 Å². The molecule has 2 aromatic carbocycles. The van der Waals surface area contributed by atoms with Crippen molar-refractivity contribution in [1.29, 1.82) is 10.7 Å². The molecule has 3 rings (SSSR count). The monoisotopic (exact) mass is 304 g/mol. The number of nitrogen functional groups attached to an aromatic ring is 1. The number of hydrogen-bond donors (Lipinski definition) is 3. The highest BCUT2D eigenvalue weighted by Crippen LogP contribution is 2.33. The third-order valence-corrected chi connectivity index (χ3v) is 4.38. The predicted molar refractivity (Wildman–Crippen MR) is 93.8 cm³/mol. The summed E-state index contributed by atoms with van der Waals surface area (Å²) in [5, 5.41) is 20.4. The molecule has 4 N–H and O–H groups in total. The summed E-state index contributed by atoms with van der Waals surface area (Å²) in [7, 11) is 0. The van der Waals surface area contributed by atoms with Gasteiger partial charge in [-0.3, -0.25) is 0 Å². The van der Waals surface area contributed by atoms with Crippen LogP contribution in [0.5, 0.6) is 0 Å². The molecule has 2 aromatic rings.